The molecule has 0 N–H and O–H groups in total. The molecule has 0 spiro atoms. The van der Waals surface area contributed by atoms with E-state index in [4.69, 9.17) is 9.31 Å². The van der Waals surface area contributed by atoms with E-state index in [1.54, 1.807) is 6.07 Å². The van der Waals surface area contributed by atoms with Crippen LogP contribution in [0.25, 0.3) is 143 Å². The lowest BCUT2D eigenvalue weighted by Gasteiger charge is -2.32. The molecule has 1 saturated heterocycles. The van der Waals surface area contributed by atoms with E-state index in [0.29, 0.717) is 22.3 Å². The van der Waals surface area contributed by atoms with Crippen LogP contribution in [0.15, 0.2) is 320 Å². The minimum absolute atomic E-state index is 0.348. The Morgan fingerprint density at radius 2 is 0.604 bits per heavy atom. The number of hydrogen-bond donors (Lipinski definition) is 0. The maximum absolute atomic E-state index is 10.1. The number of hydrogen-bond acceptors (Lipinski definition) is 6. The molecule has 12 heteroatoms. The SMILES string of the molecule is CC1(C)OB(c2ccc(-c3ccccc3-n3c4ccccc4c4ccccc43)cc2)OC1(C)C.N#Cc1cc(-c2ccc(-c3ccccc3-n3c4ccccc4c4ccccc43)cc2)cc(-n2c3ccccc3c3cc(C#N)ccc32)c1.N#Cc1cc(Br)cc(-n2c3ccccc3c3cc(C#N)ccc32)c1. The fourth-order valence-electron chi connectivity index (χ4n) is 15.2. The highest BCUT2D eigenvalue weighted by atomic mass is 79.9. The lowest BCUT2D eigenvalue weighted by molar-refractivity contribution is 0.00578. The molecule has 1 aliphatic heterocycles. The monoisotopic (exact) mass is 1430 g/mol. The van der Waals surface area contributed by atoms with Crippen molar-refractivity contribution in [2.45, 2.75) is 38.9 Å². The van der Waals surface area contributed by atoms with Gasteiger partial charge in [0.15, 0.2) is 0 Å². The predicted molar refractivity (Wildman–Crippen MR) is 435 cm³/mol. The van der Waals surface area contributed by atoms with Crippen LogP contribution in [0.3, 0.4) is 0 Å². The first-order valence-corrected chi connectivity index (χ1v) is 35.9. The van der Waals surface area contributed by atoms with Crippen molar-refractivity contribution in [2.24, 2.45) is 0 Å². The summed E-state index contributed by atoms with van der Waals surface area (Å²) in [6, 6.07) is 117. The number of rotatable bonds is 8. The fraction of sp³-hybridized carbons (Fsp3) is 0.0638. The average Bonchev–Trinajstić information content (AvgIpc) is 1.61. The molecule has 502 valence electrons. The van der Waals surface area contributed by atoms with Crippen molar-refractivity contribution in [3.8, 4) is 80.4 Å². The molecule has 0 radical (unpaired) electrons. The molecule has 0 amide bonds. The summed E-state index contributed by atoms with van der Waals surface area (Å²) in [5.41, 5.74) is 22.4. The molecule has 18 aromatic rings. The van der Waals surface area contributed by atoms with Gasteiger partial charge < -0.3 is 27.6 Å². The second-order valence-corrected chi connectivity index (χ2v) is 28.6. The third-order valence-corrected chi connectivity index (χ3v) is 21.4. The second-order valence-electron chi connectivity index (χ2n) is 27.6. The van der Waals surface area contributed by atoms with Gasteiger partial charge in [-0.05, 0) is 177 Å². The molecular weight excluding hydrogens is 1360 g/mol. The van der Waals surface area contributed by atoms with E-state index >= 15 is 0 Å². The highest BCUT2D eigenvalue weighted by Gasteiger charge is 2.51. The van der Waals surface area contributed by atoms with Gasteiger partial charge in [-0.2, -0.15) is 21.0 Å². The van der Waals surface area contributed by atoms with Gasteiger partial charge in [0.1, 0.15) is 0 Å². The van der Waals surface area contributed by atoms with Crippen molar-refractivity contribution in [2.75, 3.05) is 0 Å². The van der Waals surface area contributed by atoms with E-state index in [2.05, 4.69) is 305 Å². The third-order valence-electron chi connectivity index (χ3n) is 20.9. The number of para-hydroxylation sites is 8. The summed E-state index contributed by atoms with van der Waals surface area (Å²) < 4.78 is 22.4. The summed E-state index contributed by atoms with van der Waals surface area (Å²) >= 11 is 3.48. The normalized spacial score (nSPS) is 13.0. The number of nitrogens with zero attached hydrogens (tertiary/aromatic N) is 8. The van der Waals surface area contributed by atoms with E-state index in [-0.39, 0.29) is 18.3 Å². The second kappa shape index (κ2) is 26.8. The van der Waals surface area contributed by atoms with Crippen LogP contribution in [0, 0.1) is 45.3 Å². The Morgan fingerprint density at radius 1 is 0.283 bits per heavy atom. The van der Waals surface area contributed by atoms with Gasteiger partial charge in [-0.25, -0.2) is 0 Å². The Balaban J connectivity index is 0.000000124. The van der Waals surface area contributed by atoms with Gasteiger partial charge in [0.05, 0.1) is 113 Å². The van der Waals surface area contributed by atoms with Crippen molar-refractivity contribution < 1.29 is 9.31 Å². The van der Waals surface area contributed by atoms with Gasteiger partial charge in [-0.3, -0.25) is 0 Å². The third kappa shape index (κ3) is 11.5. The first-order chi connectivity index (χ1) is 51.8. The highest BCUT2D eigenvalue weighted by Crippen LogP contribution is 2.42. The number of aromatic nitrogens is 4. The Labute approximate surface area is 621 Å². The lowest BCUT2D eigenvalue weighted by atomic mass is 9.78. The first kappa shape index (κ1) is 66.0. The molecule has 0 saturated carbocycles. The summed E-state index contributed by atoms with van der Waals surface area (Å²) in [4.78, 5) is 0. The molecule has 19 rings (SSSR count). The molecule has 5 heterocycles. The van der Waals surface area contributed by atoms with Crippen molar-refractivity contribution in [3.63, 3.8) is 0 Å². The van der Waals surface area contributed by atoms with Crippen LogP contribution in [0.5, 0.6) is 0 Å². The number of halogens is 1. The molecule has 0 aliphatic carbocycles. The molecule has 0 atom stereocenters. The molecule has 10 nitrogen and oxygen atoms in total. The average molecular weight is 1430 g/mol. The van der Waals surface area contributed by atoms with Gasteiger partial charge in [-0.15, -0.1) is 0 Å². The van der Waals surface area contributed by atoms with E-state index < -0.39 is 0 Å². The van der Waals surface area contributed by atoms with Crippen molar-refractivity contribution in [3.05, 3.63) is 342 Å². The maximum Gasteiger partial charge on any atom is 0.494 e. The van der Waals surface area contributed by atoms with Crippen LogP contribution in [0.4, 0.5) is 0 Å². The zero-order valence-electron chi connectivity index (χ0n) is 58.4. The van der Waals surface area contributed by atoms with Gasteiger partial charge in [0, 0.05) is 70.1 Å². The van der Waals surface area contributed by atoms with Crippen LogP contribution >= 0.6 is 15.9 Å². The molecule has 1 aliphatic rings. The summed E-state index contributed by atoms with van der Waals surface area (Å²) in [6.07, 6.45) is 0. The van der Waals surface area contributed by atoms with Gasteiger partial charge in [0.2, 0.25) is 0 Å². The Bertz CT molecular complexity index is 6620. The van der Waals surface area contributed by atoms with Crippen LogP contribution in [0.1, 0.15) is 49.9 Å². The van der Waals surface area contributed by atoms with Crippen LogP contribution < -0.4 is 5.46 Å². The molecule has 1 fully saturated rings. The predicted octanol–water partition coefficient (Wildman–Crippen LogP) is 23.0. The minimum Gasteiger partial charge on any atom is -0.399 e. The summed E-state index contributed by atoms with van der Waals surface area (Å²) in [7, 11) is -0.355. The molecular formula is C94H64BBrN8O2. The molecule has 0 unspecified atom stereocenters. The lowest BCUT2D eigenvalue weighted by Crippen LogP contribution is -2.41. The Kier molecular flexibility index (Phi) is 16.7. The van der Waals surface area contributed by atoms with Crippen molar-refractivity contribution >= 4 is 116 Å². The van der Waals surface area contributed by atoms with E-state index in [0.717, 1.165) is 98.4 Å². The summed E-state index contributed by atoms with van der Waals surface area (Å²) in [6.45, 7) is 8.35. The van der Waals surface area contributed by atoms with Crippen LogP contribution in [-0.4, -0.2) is 36.6 Å². The quantitative estimate of drug-likeness (QED) is 0.139. The molecule has 14 aromatic carbocycles. The Morgan fingerprint density at radius 3 is 1.01 bits per heavy atom. The topological polar surface area (TPSA) is 133 Å². The number of fused-ring (bicyclic) bond motifs is 12. The van der Waals surface area contributed by atoms with Gasteiger partial charge in [0.25, 0.3) is 0 Å². The zero-order valence-corrected chi connectivity index (χ0v) is 60.0. The highest BCUT2D eigenvalue weighted by molar-refractivity contribution is 9.10. The van der Waals surface area contributed by atoms with E-state index in [1.807, 2.05) is 91.0 Å². The van der Waals surface area contributed by atoms with Gasteiger partial charge in [-0.1, -0.05) is 210 Å². The van der Waals surface area contributed by atoms with Crippen molar-refractivity contribution in [1.82, 2.24) is 18.3 Å². The summed E-state index contributed by atoms with van der Waals surface area (Å²) in [5, 5.41) is 47.3. The van der Waals surface area contributed by atoms with Gasteiger partial charge >= 0.3 is 7.12 Å². The zero-order chi connectivity index (χ0) is 72.4. The first-order valence-electron chi connectivity index (χ1n) is 35.1. The molecule has 4 aromatic heterocycles. The van der Waals surface area contributed by atoms with Crippen LogP contribution in [-0.2, 0) is 9.31 Å². The fourth-order valence-corrected chi connectivity index (χ4v) is 15.7. The smallest absolute Gasteiger partial charge is 0.399 e. The van der Waals surface area contributed by atoms with Crippen LogP contribution in [0.2, 0.25) is 0 Å². The number of benzene rings is 14. The van der Waals surface area contributed by atoms with E-state index in [1.165, 1.54) is 54.9 Å². The molecule has 0 bridgehead atoms. The maximum atomic E-state index is 10.1. The largest absolute Gasteiger partial charge is 0.494 e. The molecule has 106 heavy (non-hydrogen) atoms. The Hall–Kier alpha value is -13.3. The van der Waals surface area contributed by atoms with E-state index in [9.17, 15) is 21.0 Å². The summed E-state index contributed by atoms with van der Waals surface area (Å²) in [5.74, 6) is 0. The van der Waals surface area contributed by atoms with Crippen molar-refractivity contribution in [1.29, 1.82) is 21.0 Å². The standard InChI is InChI=1S/C44H26N4.C30H28BNO2.C20H10BrN3/c45-27-29-17-22-44-39(25-29)38-12-4-6-14-41(38)47(44)34-24-30(28-46)23-33(26-34)31-18-20-32(21-19-31)35-9-1-5-13-40(35)48-42-15-7-2-10-36(42)37-11-3-8-16-43(37)48;1-29(2)30(3,4)34-31(33-29)22-19-17-21(18-20-22)23-11-5-8-14-26(23)32-27-15-9-6-12-24(27)25-13-7-10-16-28(25)32;21-15-7-14(12-23)8-16(10-15)24-19-4-2-1-3-17(19)18-9-13(11-22)5-6-20(18)24/h1-26H;5-20H,1-4H3;1-10H. The number of nitriles is 4. The minimum atomic E-state index is -0.355.